The van der Waals surface area contributed by atoms with E-state index in [0.717, 1.165) is 13.0 Å². The first-order valence-corrected chi connectivity index (χ1v) is 7.28. The third kappa shape index (κ3) is 6.23. The quantitative estimate of drug-likeness (QED) is 0.689. The van der Waals surface area contributed by atoms with Gasteiger partial charge in [0.2, 0.25) is 0 Å². The van der Waals surface area contributed by atoms with E-state index in [1.165, 1.54) is 12.8 Å². The largest absolute Gasteiger partial charge is 0.481 e. The number of likely N-dealkylation sites (tertiary alicyclic amines) is 1. The van der Waals surface area contributed by atoms with Gasteiger partial charge in [-0.1, -0.05) is 6.42 Å². The minimum Gasteiger partial charge on any atom is -0.481 e. The molecule has 1 fully saturated rings. The molecule has 1 rings (SSSR count). The highest BCUT2D eigenvalue weighted by atomic mass is 16.4. The zero-order valence-corrected chi connectivity index (χ0v) is 12.7. The molecule has 1 atom stereocenters. The van der Waals surface area contributed by atoms with Gasteiger partial charge in [0.1, 0.15) is 0 Å². The molecule has 20 heavy (non-hydrogen) atoms. The van der Waals surface area contributed by atoms with Crippen molar-refractivity contribution in [2.75, 3.05) is 20.1 Å². The number of urea groups is 1. The predicted octanol–water partition coefficient (Wildman–Crippen LogP) is 1.41. The summed E-state index contributed by atoms with van der Waals surface area (Å²) in [4.78, 5) is 24.7. The lowest BCUT2D eigenvalue weighted by atomic mass is 9.99. The van der Waals surface area contributed by atoms with Crippen molar-refractivity contribution in [3.63, 3.8) is 0 Å². The minimum atomic E-state index is -0.843. The predicted molar refractivity (Wildman–Crippen MR) is 77.8 cm³/mol. The fourth-order valence-corrected chi connectivity index (χ4v) is 2.45. The molecule has 116 valence electrons. The van der Waals surface area contributed by atoms with Crippen LogP contribution in [0, 0.1) is 0 Å². The van der Waals surface area contributed by atoms with Crippen LogP contribution in [0.25, 0.3) is 0 Å². The second-order valence-electron chi connectivity index (χ2n) is 6.24. The third-order valence-electron chi connectivity index (χ3n) is 3.84. The van der Waals surface area contributed by atoms with Crippen molar-refractivity contribution in [1.29, 1.82) is 0 Å². The van der Waals surface area contributed by atoms with Crippen LogP contribution in [0.3, 0.4) is 0 Å². The summed E-state index contributed by atoms with van der Waals surface area (Å²) >= 11 is 0. The van der Waals surface area contributed by atoms with Gasteiger partial charge in [-0.3, -0.25) is 4.79 Å². The maximum Gasteiger partial charge on any atom is 0.315 e. The van der Waals surface area contributed by atoms with Crippen molar-refractivity contribution in [1.82, 2.24) is 15.5 Å². The highest BCUT2D eigenvalue weighted by molar-refractivity contribution is 5.75. The normalized spacial score (nSPS) is 20.4. The molecular formula is C14H27N3O3. The van der Waals surface area contributed by atoms with Crippen molar-refractivity contribution in [2.45, 2.75) is 57.5 Å². The molecule has 0 aliphatic carbocycles. The number of hydrogen-bond acceptors (Lipinski definition) is 3. The maximum atomic E-state index is 11.9. The number of hydrogen-bond donors (Lipinski definition) is 3. The standard InChI is InChI=1S/C14H27N3O3/c1-14(2,8-7-12(18)19)16-13(20)15-10-11-6-4-5-9-17(11)3/h11H,4-10H2,1-3H3,(H,18,19)(H2,15,16,20). The van der Waals surface area contributed by atoms with E-state index in [9.17, 15) is 9.59 Å². The zero-order chi connectivity index (χ0) is 15.2. The lowest BCUT2D eigenvalue weighted by Crippen LogP contribution is -2.52. The van der Waals surface area contributed by atoms with Gasteiger partial charge in [0.15, 0.2) is 0 Å². The topological polar surface area (TPSA) is 81.7 Å². The first-order chi connectivity index (χ1) is 9.30. The van der Waals surface area contributed by atoms with E-state index in [0.29, 0.717) is 19.0 Å². The van der Waals surface area contributed by atoms with Gasteiger partial charge >= 0.3 is 12.0 Å². The van der Waals surface area contributed by atoms with Gasteiger partial charge in [-0.15, -0.1) is 0 Å². The van der Waals surface area contributed by atoms with Crippen molar-refractivity contribution in [3.8, 4) is 0 Å². The van der Waals surface area contributed by atoms with Crippen LogP contribution in [0.15, 0.2) is 0 Å². The Kier molecular flexibility index (Phi) is 6.26. The molecule has 0 aromatic heterocycles. The third-order valence-corrected chi connectivity index (χ3v) is 3.84. The molecule has 0 saturated carbocycles. The molecule has 6 nitrogen and oxygen atoms in total. The van der Waals surface area contributed by atoms with Crippen LogP contribution in [0.2, 0.25) is 0 Å². The SMILES string of the molecule is CN1CCCCC1CNC(=O)NC(C)(C)CCC(=O)O. The van der Waals surface area contributed by atoms with Gasteiger partial charge in [0.05, 0.1) is 0 Å². The molecule has 1 saturated heterocycles. The summed E-state index contributed by atoms with van der Waals surface area (Å²) in [5.74, 6) is -0.843. The monoisotopic (exact) mass is 285 g/mol. The highest BCUT2D eigenvalue weighted by Crippen LogP contribution is 2.14. The summed E-state index contributed by atoms with van der Waals surface area (Å²) in [5.41, 5.74) is -0.513. The minimum absolute atomic E-state index is 0.0542. The number of aliphatic carboxylic acids is 1. The van der Waals surface area contributed by atoms with Gasteiger partial charge in [-0.25, -0.2) is 4.79 Å². The van der Waals surface area contributed by atoms with Gasteiger partial charge in [0.25, 0.3) is 0 Å². The number of likely N-dealkylation sites (N-methyl/N-ethyl adjacent to an activating group) is 1. The van der Waals surface area contributed by atoms with E-state index in [2.05, 4.69) is 22.6 Å². The Morgan fingerprint density at radius 3 is 2.65 bits per heavy atom. The lowest BCUT2D eigenvalue weighted by Gasteiger charge is -2.33. The number of carboxylic acid groups (broad SMARTS) is 1. The van der Waals surface area contributed by atoms with Crippen LogP contribution >= 0.6 is 0 Å². The first-order valence-electron chi connectivity index (χ1n) is 7.28. The van der Waals surface area contributed by atoms with Gasteiger partial charge in [0, 0.05) is 24.5 Å². The maximum absolute atomic E-state index is 11.9. The Morgan fingerprint density at radius 1 is 1.35 bits per heavy atom. The number of carbonyl (C=O) groups excluding carboxylic acids is 1. The zero-order valence-electron chi connectivity index (χ0n) is 12.7. The number of carboxylic acids is 1. The van der Waals surface area contributed by atoms with Crippen LogP contribution in [0.4, 0.5) is 4.79 Å². The van der Waals surface area contributed by atoms with E-state index >= 15 is 0 Å². The molecule has 1 aliphatic rings. The molecule has 1 aliphatic heterocycles. The van der Waals surface area contributed by atoms with Crippen molar-refractivity contribution < 1.29 is 14.7 Å². The van der Waals surface area contributed by atoms with Gasteiger partial charge in [-0.2, -0.15) is 0 Å². The van der Waals surface area contributed by atoms with Crippen molar-refractivity contribution >= 4 is 12.0 Å². The Balaban J connectivity index is 2.29. The Bertz CT molecular complexity index is 345. The van der Waals surface area contributed by atoms with Crippen LogP contribution in [0.1, 0.15) is 46.0 Å². The molecule has 6 heteroatoms. The average Bonchev–Trinajstić information content (AvgIpc) is 2.35. The number of amides is 2. The number of nitrogens with one attached hydrogen (secondary N) is 2. The fraction of sp³-hybridized carbons (Fsp3) is 0.857. The molecule has 0 radical (unpaired) electrons. The summed E-state index contributed by atoms with van der Waals surface area (Å²) in [5, 5.41) is 14.4. The molecule has 0 aromatic carbocycles. The fourth-order valence-electron chi connectivity index (χ4n) is 2.45. The average molecular weight is 285 g/mol. The number of carbonyl (C=O) groups is 2. The molecule has 0 spiro atoms. The molecule has 3 N–H and O–H groups in total. The highest BCUT2D eigenvalue weighted by Gasteiger charge is 2.23. The van der Waals surface area contributed by atoms with Crippen molar-refractivity contribution in [3.05, 3.63) is 0 Å². The van der Waals surface area contributed by atoms with Crippen LogP contribution in [-0.4, -0.2) is 53.7 Å². The summed E-state index contributed by atoms with van der Waals surface area (Å²) in [7, 11) is 2.08. The van der Waals surface area contributed by atoms with Crippen LogP contribution in [-0.2, 0) is 4.79 Å². The van der Waals surface area contributed by atoms with Crippen LogP contribution < -0.4 is 10.6 Å². The number of rotatable bonds is 6. The first kappa shape index (κ1) is 16.8. The summed E-state index contributed by atoms with van der Waals surface area (Å²) in [6.07, 6.45) is 4.01. The molecule has 2 amide bonds. The van der Waals surface area contributed by atoms with Crippen LogP contribution in [0.5, 0.6) is 0 Å². The second-order valence-corrected chi connectivity index (χ2v) is 6.24. The summed E-state index contributed by atoms with van der Waals surface area (Å²) < 4.78 is 0. The molecule has 0 aromatic rings. The Morgan fingerprint density at radius 2 is 2.05 bits per heavy atom. The van der Waals surface area contributed by atoms with Crippen molar-refractivity contribution in [2.24, 2.45) is 0 Å². The summed E-state index contributed by atoms with van der Waals surface area (Å²) in [6, 6.07) is 0.177. The van der Waals surface area contributed by atoms with E-state index in [1.54, 1.807) is 0 Å². The Hall–Kier alpha value is -1.30. The van der Waals surface area contributed by atoms with E-state index in [1.807, 2.05) is 13.8 Å². The Labute approximate surface area is 120 Å². The molecule has 1 unspecified atom stereocenters. The van der Waals surface area contributed by atoms with Gasteiger partial charge in [-0.05, 0) is 46.7 Å². The molecule has 1 heterocycles. The smallest absolute Gasteiger partial charge is 0.315 e. The van der Waals surface area contributed by atoms with E-state index in [-0.39, 0.29) is 12.5 Å². The molecule has 0 bridgehead atoms. The van der Waals surface area contributed by atoms with Gasteiger partial charge < -0.3 is 20.6 Å². The summed E-state index contributed by atoms with van der Waals surface area (Å²) in [6.45, 7) is 5.39. The second kappa shape index (κ2) is 7.47. The number of piperidine rings is 1. The van der Waals surface area contributed by atoms with E-state index < -0.39 is 11.5 Å². The molecular weight excluding hydrogens is 258 g/mol. The lowest BCUT2D eigenvalue weighted by molar-refractivity contribution is -0.137. The number of nitrogens with zero attached hydrogens (tertiary/aromatic N) is 1. The van der Waals surface area contributed by atoms with E-state index in [4.69, 9.17) is 5.11 Å².